The van der Waals surface area contributed by atoms with Crippen LogP contribution in [0.3, 0.4) is 0 Å². The highest BCUT2D eigenvalue weighted by atomic mass is 16.5. The van der Waals surface area contributed by atoms with E-state index in [-0.39, 0.29) is 5.76 Å². The molecule has 0 aliphatic rings. The number of furan rings is 1. The molecule has 0 saturated heterocycles. The fraction of sp³-hybridized carbons (Fsp3) is 0.267. The molecular weight excluding hydrogens is 244 g/mol. The molecule has 0 radical (unpaired) electrons. The van der Waals surface area contributed by atoms with Crippen molar-refractivity contribution in [1.82, 2.24) is 0 Å². The van der Waals surface area contributed by atoms with E-state index in [4.69, 9.17) is 14.3 Å². The molecule has 0 bridgehead atoms. The molecule has 0 aliphatic heterocycles. The van der Waals surface area contributed by atoms with E-state index in [0.29, 0.717) is 24.5 Å². The Morgan fingerprint density at radius 2 is 2.05 bits per heavy atom. The van der Waals surface area contributed by atoms with Crippen LogP contribution in [0, 0.1) is 6.92 Å². The summed E-state index contributed by atoms with van der Waals surface area (Å²) < 4.78 is 10.7. The van der Waals surface area contributed by atoms with Crippen molar-refractivity contribution < 1.29 is 19.1 Å². The second-order valence-electron chi connectivity index (χ2n) is 4.32. The molecule has 2 aromatic rings. The average Bonchev–Trinajstić information content (AvgIpc) is 2.77. The summed E-state index contributed by atoms with van der Waals surface area (Å²) in [6, 6.07) is 11.7. The minimum atomic E-state index is -1.05. The number of ether oxygens (including phenoxy) is 1. The summed E-state index contributed by atoms with van der Waals surface area (Å²) in [4.78, 5) is 10.8. The number of carboxylic acid groups (broad SMARTS) is 1. The van der Waals surface area contributed by atoms with Gasteiger partial charge in [0.25, 0.3) is 0 Å². The highest BCUT2D eigenvalue weighted by Gasteiger charge is 2.13. The molecule has 1 N–H and O–H groups in total. The van der Waals surface area contributed by atoms with Gasteiger partial charge in [0.05, 0.1) is 6.61 Å². The Morgan fingerprint density at radius 1 is 1.32 bits per heavy atom. The summed E-state index contributed by atoms with van der Waals surface area (Å²) in [5.41, 5.74) is 1.83. The Labute approximate surface area is 111 Å². The minimum absolute atomic E-state index is 0.0124. The first-order chi connectivity index (χ1) is 9.16. The van der Waals surface area contributed by atoms with Gasteiger partial charge in [-0.05, 0) is 25.0 Å². The summed E-state index contributed by atoms with van der Waals surface area (Å²) in [6.07, 6.45) is 0.826. The number of hydrogen-bond acceptors (Lipinski definition) is 3. The highest BCUT2D eigenvalue weighted by molar-refractivity contribution is 5.86. The number of aryl methyl sites for hydroxylation is 1. The lowest BCUT2D eigenvalue weighted by Gasteiger charge is -2.02. The predicted octanol–water partition coefficient (Wildman–Crippen LogP) is 3.05. The first kappa shape index (κ1) is 13.4. The fourth-order valence-corrected chi connectivity index (χ4v) is 1.84. The number of carboxylic acids is 1. The van der Waals surface area contributed by atoms with Crippen LogP contribution in [0.5, 0.6) is 0 Å². The molecule has 2 rings (SSSR count). The van der Waals surface area contributed by atoms with Gasteiger partial charge in [-0.25, -0.2) is 4.79 Å². The topological polar surface area (TPSA) is 59.7 Å². The molecule has 4 nitrogen and oxygen atoms in total. The van der Waals surface area contributed by atoms with Gasteiger partial charge in [-0.1, -0.05) is 30.3 Å². The van der Waals surface area contributed by atoms with E-state index in [0.717, 1.165) is 6.42 Å². The number of rotatable bonds is 6. The van der Waals surface area contributed by atoms with Crippen molar-refractivity contribution in [2.75, 3.05) is 6.61 Å². The zero-order chi connectivity index (χ0) is 13.7. The summed E-state index contributed by atoms with van der Waals surface area (Å²) in [7, 11) is 0. The van der Waals surface area contributed by atoms with Crippen LogP contribution in [0.15, 0.2) is 40.8 Å². The Morgan fingerprint density at radius 3 is 2.68 bits per heavy atom. The van der Waals surface area contributed by atoms with Crippen LogP contribution in [0.25, 0.3) is 0 Å². The van der Waals surface area contributed by atoms with Crippen LogP contribution in [-0.2, 0) is 17.8 Å². The van der Waals surface area contributed by atoms with Gasteiger partial charge in [0, 0.05) is 5.56 Å². The SMILES string of the molecule is Cc1cc(COCCc2ccccc2)oc1C(=O)O. The summed E-state index contributed by atoms with van der Waals surface area (Å²) in [5, 5.41) is 8.86. The molecule has 0 unspecified atom stereocenters. The molecule has 0 fully saturated rings. The Hall–Kier alpha value is -2.07. The van der Waals surface area contributed by atoms with Crippen LogP contribution in [0.2, 0.25) is 0 Å². The van der Waals surface area contributed by atoms with Crippen LogP contribution < -0.4 is 0 Å². The normalized spacial score (nSPS) is 10.6. The molecule has 0 spiro atoms. The molecular formula is C15H16O4. The van der Waals surface area contributed by atoms with E-state index in [1.54, 1.807) is 13.0 Å². The lowest BCUT2D eigenvalue weighted by Crippen LogP contribution is -1.98. The number of hydrogen-bond donors (Lipinski definition) is 1. The quantitative estimate of drug-likeness (QED) is 0.811. The molecule has 0 amide bonds. The summed E-state index contributed by atoms with van der Waals surface area (Å²) in [5.74, 6) is -0.516. The Kier molecular flexibility index (Phi) is 4.36. The van der Waals surface area contributed by atoms with Gasteiger partial charge in [-0.3, -0.25) is 0 Å². The van der Waals surface area contributed by atoms with Crippen molar-refractivity contribution >= 4 is 5.97 Å². The number of carbonyl (C=O) groups is 1. The molecule has 1 aromatic heterocycles. The average molecular weight is 260 g/mol. The Bertz CT molecular complexity index is 543. The van der Waals surface area contributed by atoms with E-state index in [1.165, 1.54) is 5.56 Å². The number of benzene rings is 1. The van der Waals surface area contributed by atoms with Crippen LogP contribution in [-0.4, -0.2) is 17.7 Å². The molecule has 0 saturated carbocycles. The smallest absolute Gasteiger partial charge is 0.372 e. The van der Waals surface area contributed by atoms with Crippen molar-refractivity contribution in [1.29, 1.82) is 0 Å². The van der Waals surface area contributed by atoms with Crippen molar-refractivity contribution in [3.8, 4) is 0 Å². The third-order valence-corrected chi connectivity index (χ3v) is 2.79. The summed E-state index contributed by atoms with van der Waals surface area (Å²) >= 11 is 0. The Balaban J connectivity index is 1.80. The van der Waals surface area contributed by atoms with Gasteiger partial charge in [0.1, 0.15) is 12.4 Å². The van der Waals surface area contributed by atoms with Crippen LogP contribution >= 0.6 is 0 Å². The lowest BCUT2D eigenvalue weighted by molar-refractivity contribution is 0.0647. The number of aromatic carboxylic acids is 1. The third kappa shape index (κ3) is 3.69. The minimum Gasteiger partial charge on any atom is -0.475 e. The molecule has 1 heterocycles. The standard InChI is InChI=1S/C15H16O4/c1-11-9-13(19-14(11)15(16)17)10-18-8-7-12-5-3-2-4-6-12/h2-6,9H,7-8,10H2,1H3,(H,16,17). The monoisotopic (exact) mass is 260 g/mol. The lowest BCUT2D eigenvalue weighted by atomic mass is 10.2. The third-order valence-electron chi connectivity index (χ3n) is 2.79. The van der Waals surface area contributed by atoms with E-state index in [9.17, 15) is 4.79 Å². The summed E-state index contributed by atoms with van der Waals surface area (Å²) in [6.45, 7) is 2.58. The zero-order valence-electron chi connectivity index (χ0n) is 10.8. The molecule has 1 aromatic carbocycles. The molecule has 19 heavy (non-hydrogen) atoms. The van der Waals surface area contributed by atoms with Crippen LogP contribution in [0.4, 0.5) is 0 Å². The van der Waals surface area contributed by atoms with Gasteiger partial charge in [0.2, 0.25) is 5.76 Å². The fourth-order valence-electron chi connectivity index (χ4n) is 1.84. The molecule has 0 aliphatic carbocycles. The van der Waals surface area contributed by atoms with Crippen LogP contribution in [0.1, 0.15) is 27.4 Å². The van der Waals surface area contributed by atoms with Crippen molar-refractivity contribution in [2.45, 2.75) is 20.0 Å². The first-order valence-electron chi connectivity index (χ1n) is 6.11. The van der Waals surface area contributed by atoms with Gasteiger partial charge in [-0.15, -0.1) is 0 Å². The second kappa shape index (κ2) is 6.20. The maximum absolute atomic E-state index is 10.8. The highest BCUT2D eigenvalue weighted by Crippen LogP contribution is 2.15. The zero-order valence-corrected chi connectivity index (χ0v) is 10.8. The van der Waals surface area contributed by atoms with Gasteiger partial charge < -0.3 is 14.3 Å². The van der Waals surface area contributed by atoms with Gasteiger partial charge in [-0.2, -0.15) is 0 Å². The predicted molar refractivity (Wildman–Crippen MR) is 70.2 cm³/mol. The maximum atomic E-state index is 10.8. The van der Waals surface area contributed by atoms with Crippen molar-refractivity contribution in [3.63, 3.8) is 0 Å². The van der Waals surface area contributed by atoms with E-state index >= 15 is 0 Å². The van der Waals surface area contributed by atoms with Gasteiger partial charge in [0.15, 0.2) is 0 Å². The first-order valence-corrected chi connectivity index (χ1v) is 6.11. The van der Waals surface area contributed by atoms with E-state index in [2.05, 4.69) is 0 Å². The molecule has 100 valence electrons. The van der Waals surface area contributed by atoms with Crippen molar-refractivity contribution in [3.05, 3.63) is 59.0 Å². The maximum Gasteiger partial charge on any atom is 0.372 e. The van der Waals surface area contributed by atoms with Gasteiger partial charge >= 0.3 is 5.97 Å². The van der Waals surface area contributed by atoms with E-state index in [1.807, 2.05) is 30.3 Å². The van der Waals surface area contributed by atoms with E-state index < -0.39 is 5.97 Å². The largest absolute Gasteiger partial charge is 0.475 e. The second-order valence-corrected chi connectivity index (χ2v) is 4.32. The van der Waals surface area contributed by atoms with Crippen molar-refractivity contribution in [2.24, 2.45) is 0 Å². The molecule has 4 heteroatoms. The molecule has 0 atom stereocenters.